The molecule has 0 bridgehead atoms. The maximum Gasteiger partial charge on any atom is 0.304 e. The highest BCUT2D eigenvalue weighted by atomic mass is 16.4. The van der Waals surface area contributed by atoms with Gasteiger partial charge in [0, 0.05) is 19.6 Å². The zero-order valence-corrected chi connectivity index (χ0v) is 11.2. The number of carboxylic acid groups (broad SMARTS) is 1. The van der Waals surface area contributed by atoms with Crippen molar-refractivity contribution in [2.45, 2.75) is 39.0 Å². The van der Waals surface area contributed by atoms with E-state index < -0.39 is 5.97 Å². The van der Waals surface area contributed by atoms with E-state index in [0.29, 0.717) is 13.1 Å². The summed E-state index contributed by atoms with van der Waals surface area (Å²) in [6.07, 6.45) is 4.44. The van der Waals surface area contributed by atoms with Gasteiger partial charge in [-0.05, 0) is 32.2 Å². The van der Waals surface area contributed by atoms with E-state index in [1.807, 2.05) is 16.7 Å². The first-order valence-electron chi connectivity index (χ1n) is 6.85. The number of carboxylic acids is 1. The molecule has 1 N–H and O–H groups in total. The second kappa shape index (κ2) is 8.08. The van der Waals surface area contributed by atoms with Gasteiger partial charge in [0.25, 0.3) is 0 Å². The zero-order chi connectivity index (χ0) is 13.4. The fourth-order valence-corrected chi connectivity index (χ4v) is 2.27. The van der Waals surface area contributed by atoms with Crippen LogP contribution in [0.4, 0.5) is 0 Å². The predicted octanol–water partition coefficient (Wildman–Crippen LogP) is 1.19. The molecule has 0 aromatic heterocycles. The average Bonchev–Trinajstić information content (AvgIpc) is 2.37. The fraction of sp³-hybridized carbons (Fsp3) is 0.846. The van der Waals surface area contributed by atoms with E-state index in [4.69, 9.17) is 5.11 Å². The summed E-state index contributed by atoms with van der Waals surface area (Å²) in [4.78, 5) is 26.5. The van der Waals surface area contributed by atoms with Crippen LogP contribution in [0.25, 0.3) is 0 Å². The molecule has 0 aromatic carbocycles. The Labute approximate surface area is 109 Å². The first-order valence-corrected chi connectivity index (χ1v) is 6.85. The summed E-state index contributed by atoms with van der Waals surface area (Å²) in [7, 11) is 0. The molecule has 0 unspecified atom stereocenters. The monoisotopic (exact) mass is 256 g/mol. The molecule has 0 saturated carbocycles. The summed E-state index contributed by atoms with van der Waals surface area (Å²) >= 11 is 0. The largest absolute Gasteiger partial charge is 0.481 e. The van der Waals surface area contributed by atoms with Gasteiger partial charge in [-0.15, -0.1) is 0 Å². The summed E-state index contributed by atoms with van der Waals surface area (Å²) in [5.41, 5.74) is 0. The average molecular weight is 256 g/mol. The number of piperidine rings is 1. The third-order valence-electron chi connectivity index (χ3n) is 3.25. The molecule has 1 aliphatic rings. The van der Waals surface area contributed by atoms with Crippen LogP contribution in [0, 0.1) is 0 Å². The van der Waals surface area contributed by atoms with E-state index in [-0.39, 0.29) is 12.3 Å². The van der Waals surface area contributed by atoms with Crippen LogP contribution in [0.15, 0.2) is 0 Å². The highest BCUT2D eigenvalue weighted by molar-refractivity contribution is 5.78. The van der Waals surface area contributed by atoms with Crippen molar-refractivity contribution in [3.05, 3.63) is 0 Å². The van der Waals surface area contributed by atoms with Gasteiger partial charge in [0.05, 0.1) is 13.0 Å². The lowest BCUT2D eigenvalue weighted by Gasteiger charge is -2.29. The molecule has 1 heterocycles. The minimum absolute atomic E-state index is 0.104. The van der Waals surface area contributed by atoms with Gasteiger partial charge >= 0.3 is 5.97 Å². The standard InChI is InChI=1S/C13H24N2O3/c1-2-7-14(10-6-13(17)18)11-12(16)15-8-4-3-5-9-15/h2-11H2,1H3,(H,17,18). The Morgan fingerprint density at radius 1 is 1.17 bits per heavy atom. The van der Waals surface area contributed by atoms with Gasteiger partial charge in [-0.1, -0.05) is 6.92 Å². The molecule has 0 radical (unpaired) electrons. The molecule has 18 heavy (non-hydrogen) atoms. The molecule has 5 heteroatoms. The van der Waals surface area contributed by atoms with Crippen LogP contribution in [0.5, 0.6) is 0 Å². The number of amides is 1. The van der Waals surface area contributed by atoms with Crippen molar-refractivity contribution in [2.24, 2.45) is 0 Å². The van der Waals surface area contributed by atoms with Crippen molar-refractivity contribution in [1.82, 2.24) is 9.80 Å². The Morgan fingerprint density at radius 2 is 1.83 bits per heavy atom. The molecule has 1 rings (SSSR count). The third kappa shape index (κ3) is 5.49. The zero-order valence-electron chi connectivity index (χ0n) is 11.2. The third-order valence-corrected chi connectivity index (χ3v) is 3.25. The number of carbonyl (C=O) groups excluding carboxylic acids is 1. The van der Waals surface area contributed by atoms with E-state index in [9.17, 15) is 9.59 Å². The predicted molar refractivity (Wildman–Crippen MR) is 69.4 cm³/mol. The molecule has 1 amide bonds. The summed E-state index contributed by atoms with van der Waals surface area (Å²) < 4.78 is 0. The van der Waals surface area contributed by atoms with Gasteiger partial charge in [-0.3, -0.25) is 14.5 Å². The van der Waals surface area contributed by atoms with Crippen molar-refractivity contribution in [1.29, 1.82) is 0 Å². The summed E-state index contributed by atoms with van der Waals surface area (Å²) in [5, 5.41) is 8.69. The number of hydrogen-bond acceptors (Lipinski definition) is 3. The minimum Gasteiger partial charge on any atom is -0.481 e. The van der Waals surface area contributed by atoms with E-state index >= 15 is 0 Å². The quantitative estimate of drug-likeness (QED) is 0.743. The second-order valence-electron chi connectivity index (χ2n) is 4.86. The van der Waals surface area contributed by atoms with Gasteiger partial charge in [0.1, 0.15) is 0 Å². The molecule has 0 aromatic rings. The van der Waals surface area contributed by atoms with Crippen LogP contribution in [-0.2, 0) is 9.59 Å². The van der Waals surface area contributed by atoms with Crippen LogP contribution in [0.1, 0.15) is 39.0 Å². The van der Waals surface area contributed by atoms with Gasteiger partial charge in [0.2, 0.25) is 5.91 Å². The molecule has 0 atom stereocenters. The molecule has 1 aliphatic heterocycles. The Balaban J connectivity index is 2.37. The molecule has 0 spiro atoms. The van der Waals surface area contributed by atoms with Crippen LogP contribution in [0.3, 0.4) is 0 Å². The Hall–Kier alpha value is -1.10. The number of hydrogen-bond donors (Lipinski definition) is 1. The molecule has 5 nitrogen and oxygen atoms in total. The lowest BCUT2D eigenvalue weighted by molar-refractivity contribution is -0.138. The molecule has 1 saturated heterocycles. The highest BCUT2D eigenvalue weighted by Gasteiger charge is 2.19. The molecule has 1 fully saturated rings. The minimum atomic E-state index is -0.804. The molecule has 0 aliphatic carbocycles. The SMILES string of the molecule is CCCN(CCC(=O)O)CC(=O)N1CCCCC1. The second-order valence-corrected chi connectivity index (χ2v) is 4.86. The van der Waals surface area contributed by atoms with Gasteiger partial charge < -0.3 is 10.0 Å². The van der Waals surface area contributed by atoms with Crippen molar-refractivity contribution in [3.8, 4) is 0 Å². The van der Waals surface area contributed by atoms with E-state index in [2.05, 4.69) is 0 Å². The summed E-state index contributed by atoms with van der Waals surface area (Å²) in [5.74, 6) is -0.657. The summed E-state index contributed by atoms with van der Waals surface area (Å²) in [6, 6.07) is 0. The van der Waals surface area contributed by atoms with Gasteiger partial charge in [0.15, 0.2) is 0 Å². The topological polar surface area (TPSA) is 60.9 Å². The van der Waals surface area contributed by atoms with E-state index in [1.165, 1.54) is 6.42 Å². The van der Waals surface area contributed by atoms with E-state index in [1.54, 1.807) is 0 Å². The van der Waals surface area contributed by atoms with Crippen molar-refractivity contribution >= 4 is 11.9 Å². The Kier molecular flexibility index (Phi) is 6.72. The number of aliphatic carboxylic acids is 1. The van der Waals surface area contributed by atoms with Crippen molar-refractivity contribution in [3.63, 3.8) is 0 Å². The number of rotatable bonds is 7. The summed E-state index contributed by atoms with van der Waals surface area (Å²) in [6.45, 7) is 5.37. The van der Waals surface area contributed by atoms with Crippen molar-refractivity contribution in [2.75, 3.05) is 32.7 Å². The number of nitrogens with zero attached hydrogens (tertiary/aromatic N) is 2. The van der Waals surface area contributed by atoms with Crippen LogP contribution in [-0.4, -0.2) is 59.5 Å². The number of carbonyl (C=O) groups is 2. The molecular weight excluding hydrogens is 232 g/mol. The lowest BCUT2D eigenvalue weighted by Crippen LogP contribution is -2.43. The molecular formula is C13H24N2O3. The smallest absolute Gasteiger partial charge is 0.304 e. The van der Waals surface area contributed by atoms with Crippen molar-refractivity contribution < 1.29 is 14.7 Å². The Bertz CT molecular complexity index is 275. The van der Waals surface area contributed by atoms with Crippen LogP contribution >= 0.6 is 0 Å². The van der Waals surface area contributed by atoms with E-state index in [0.717, 1.165) is 38.9 Å². The number of likely N-dealkylation sites (tertiary alicyclic amines) is 1. The normalized spacial score (nSPS) is 16.0. The first kappa shape index (κ1) is 15.0. The van der Waals surface area contributed by atoms with Gasteiger partial charge in [-0.2, -0.15) is 0 Å². The first-order chi connectivity index (χ1) is 8.63. The molecule has 104 valence electrons. The highest BCUT2D eigenvalue weighted by Crippen LogP contribution is 2.09. The van der Waals surface area contributed by atoms with Gasteiger partial charge in [-0.25, -0.2) is 0 Å². The fourth-order valence-electron chi connectivity index (χ4n) is 2.27. The maximum atomic E-state index is 12.1. The lowest BCUT2D eigenvalue weighted by atomic mass is 10.1. The Morgan fingerprint density at radius 3 is 2.39 bits per heavy atom. The van der Waals surface area contributed by atoms with Crippen LogP contribution in [0.2, 0.25) is 0 Å². The maximum absolute atomic E-state index is 12.1. The van der Waals surface area contributed by atoms with Crippen LogP contribution < -0.4 is 0 Å².